The van der Waals surface area contributed by atoms with Crippen LogP contribution < -0.4 is 5.32 Å². The molecule has 16 heavy (non-hydrogen) atoms. The van der Waals surface area contributed by atoms with Crippen molar-refractivity contribution in [3.63, 3.8) is 0 Å². The summed E-state index contributed by atoms with van der Waals surface area (Å²) in [5.41, 5.74) is 3.00. The van der Waals surface area contributed by atoms with Gasteiger partial charge in [-0.3, -0.25) is 4.79 Å². The van der Waals surface area contributed by atoms with Crippen LogP contribution in [0.1, 0.15) is 48.5 Å². The van der Waals surface area contributed by atoms with Crippen LogP contribution in [0.4, 0.5) is 5.69 Å². The molecule has 2 rings (SSSR count). The van der Waals surface area contributed by atoms with E-state index in [-0.39, 0.29) is 11.7 Å². The Labute approximate surface area is 101 Å². The number of fused-ring (bicyclic) bond motifs is 1. The molecule has 0 saturated carbocycles. The number of carbonyl (C=O) groups excluding carboxylic acids is 1. The highest BCUT2D eigenvalue weighted by atomic mass is 32.1. The van der Waals surface area contributed by atoms with Gasteiger partial charge in [0, 0.05) is 23.6 Å². The lowest BCUT2D eigenvalue weighted by molar-refractivity contribution is 0.0981. The molecule has 2 nitrogen and oxygen atoms in total. The maximum Gasteiger partial charge on any atom is 0.162 e. The smallest absolute Gasteiger partial charge is 0.162 e. The maximum atomic E-state index is 11.8. The number of Topliss-reactive ketones (excluding diaryl/α,β-unsaturated/α-hetero) is 1. The molecule has 0 saturated heterocycles. The first-order valence-electron chi connectivity index (χ1n) is 5.61. The molecule has 1 aliphatic heterocycles. The summed E-state index contributed by atoms with van der Waals surface area (Å²) in [5.74, 6) is 0.440. The van der Waals surface area contributed by atoms with Gasteiger partial charge in [0.15, 0.2) is 5.78 Å². The number of hydrogen-bond acceptors (Lipinski definition) is 2. The highest BCUT2D eigenvalue weighted by molar-refractivity contribution is 7.80. The van der Waals surface area contributed by atoms with Gasteiger partial charge in [-0.1, -0.05) is 26.1 Å². The Balaban J connectivity index is 2.34. The van der Waals surface area contributed by atoms with Crippen LogP contribution in [0.5, 0.6) is 0 Å². The number of carbonyl (C=O) groups is 1. The van der Waals surface area contributed by atoms with Gasteiger partial charge in [-0.05, 0) is 30.2 Å². The average Bonchev–Trinajstić information content (AvgIpc) is 2.55. The van der Waals surface area contributed by atoms with E-state index in [2.05, 4.69) is 12.2 Å². The monoisotopic (exact) mass is 233 g/mol. The Morgan fingerprint density at radius 2 is 2.25 bits per heavy atom. The lowest BCUT2D eigenvalue weighted by atomic mass is 9.98. The Hall–Kier alpha value is -1.22. The van der Waals surface area contributed by atoms with Gasteiger partial charge in [0.2, 0.25) is 0 Å². The summed E-state index contributed by atoms with van der Waals surface area (Å²) in [6.07, 6.45) is 1.51. The number of nitrogens with one attached hydrogen (secondary N) is 1. The molecule has 0 aromatic heterocycles. The molecule has 1 unspecified atom stereocenters. The zero-order valence-corrected chi connectivity index (χ0v) is 10.4. The summed E-state index contributed by atoms with van der Waals surface area (Å²) in [4.78, 5) is 12.6. The van der Waals surface area contributed by atoms with Crippen LogP contribution in [0.3, 0.4) is 0 Å². The van der Waals surface area contributed by atoms with Crippen molar-refractivity contribution in [3.8, 4) is 0 Å². The van der Waals surface area contributed by atoms with E-state index in [1.165, 1.54) is 0 Å². The Morgan fingerprint density at radius 1 is 1.50 bits per heavy atom. The lowest BCUT2D eigenvalue weighted by Crippen LogP contribution is -2.05. The van der Waals surface area contributed by atoms with Crippen LogP contribution in [0.15, 0.2) is 18.2 Å². The average molecular weight is 233 g/mol. The minimum Gasteiger partial charge on any atom is -0.349 e. The van der Waals surface area contributed by atoms with E-state index in [0.29, 0.717) is 6.42 Å². The maximum absolute atomic E-state index is 11.8. The van der Waals surface area contributed by atoms with Crippen molar-refractivity contribution in [2.45, 2.75) is 32.6 Å². The van der Waals surface area contributed by atoms with Crippen molar-refractivity contribution in [1.82, 2.24) is 0 Å². The zero-order valence-electron chi connectivity index (χ0n) is 9.54. The Bertz CT molecular complexity index is 453. The SMILES string of the molecule is CCCC(=O)c1ccc2c(c1)C(C)C(=S)N2. The normalized spacial score (nSPS) is 18.1. The minimum atomic E-state index is 0.218. The molecule has 1 atom stereocenters. The van der Waals surface area contributed by atoms with Crippen molar-refractivity contribution in [1.29, 1.82) is 0 Å². The van der Waals surface area contributed by atoms with Crippen molar-refractivity contribution in [2.24, 2.45) is 0 Å². The molecule has 0 radical (unpaired) electrons. The van der Waals surface area contributed by atoms with Crippen LogP contribution in [0.25, 0.3) is 0 Å². The van der Waals surface area contributed by atoms with Crippen molar-refractivity contribution < 1.29 is 4.79 Å². The van der Waals surface area contributed by atoms with E-state index in [0.717, 1.165) is 28.2 Å². The van der Waals surface area contributed by atoms with E-state index in [1.54, 1.807) is 0 Å². The van der Waals surface area contributed by atoms with Gasteiger partial charge in [0.25, 0.3) is 0 Å². The minimum absolute atomic E-state index is 0.218. The largest absolute Gasteiger partial charge is 0.349 e. The Morgan fingerprint density at radius 3 is 2.94 bits per heavy atom. The van der Waals surface area contributed by atoms with Gasteiger partial charge in [-0.15, -0.1) is 0 Å². The molecule has 1 aromatic rings. The molecule has 0 aliphatic carbocycles. The topological polar surface area (TPSA) is 29.1 Å². The van der Waals surface area contributed by atoms with Crippen LogP contribution >= 0.6 is 12.2 Å². The fourth-order valence-electron chi connectivity index (χ4n) is 1.96. The van der Waals surface area contributed by atoms with Gasteiger partial charge in [-0.2, -0.15) is 0 Å². The number of benzene rings is 1. The molecule has 0 bridgehead atoms. The van der Waals surface area contributed by atoms with Crippen molar-refractivity contribution >= 4 is 28.7 Å². The van der Waals surface area contributed by atoms with Crippen LogP contribution in [-0.4, -0.2) is 10.8 Å². The van der Waals surface area contributed by atoms with Crippen LogP contribution in [0, 0.1) is 0 Å². The van der Waals surface area contributed by atoms with E-state index < -0.39 is 0 Å². The second-order valence-electron chi connectivity index (χ2n) is 4.19. The molecule has 84 valence electrons. The van der Waals surface area contributed by atoms with Gasteiger partial charge >= 0.3 is 0 Å². The number of thiocarbonyl (C=S) groups is 1. The fourth-order valence-corrected chi connectivity index (χ4v) is 2.20. The highest BCUT2D eigenvalue weighted by Crippen LogP contribution is 2.33. The predicted molar refractivity (Wildman–Crippen MR) is 70.3 cm³/mol. The van der Waals surface area contributed by atoms with E-state index in [4.69, 9.17) is 12.2 Å². The molecular weight excluding hydrogens is 218 g/mol. The Kier molecular flexibility index (Phi) is 3.06. The van der Waals surface area contributed by atoms with Crippen molar-refractivity contribution in [2.75, 3.05) is 5.32 Å². The molecular formula is C13H15NOS. The highest BCUT2D eigenvalue weighted by Gasteiger charge is 2.23. The second-order valence-corrected chi connectivity index (χ2v) is 4.63. The molecule has 1 N–H and O–H groups in total. The molecule has 0 spiro atoms. The molecule has 1 aliphatic rings. The van der Waals surface area contributed by atoms with Crippen molar-refractivity contribution in [3.05, 3.63) is 29.3 Å². The number of ketones is 1. The third-order valence-electron chi connectivity index (χ3n) is 2.97. The van der Waals surface area contributed by atoms with Crippen LogP contribution in [-0.2, 0) is 0 Å². The number of anilines is 1. The van der Waals surface area contributed by atoms with Gasteiger partial charge in [0.1, 0.15) is 0 Å². The van der Waals surface area contributed by atoms with Gasteiger partial charge in [0.05, 0.1) is 4.99 Å². The van der Waals surface area contributed by atoms with Gasteiger partial charge in [-0.25, -0.2) is 0 Å². The van der Waals surface area contributed by atoms with Crippen LogP contribution in [0.2, 0.25) is 0 Å². The summed E-state index contributed by atoms with van der Waals surface area (Å²) in [7, 11) is 0. The standard InChI is InChI=1S/C13H15NOS/c1-3-4-12(15)9-5-6-11-10(7-9)8(2)13(16)14-11/h5-8H,3-4H2,1-2H3,(H,14,16). The summed E-state index contributed by atoms with van der Waals surface area (Å²) in [6.45, 7) is 4.08. The first kappa shape index (κ1) is 11.3. The number of hydrogen-bond donors (Lipinski definition) is 1. The molecule has 1 heterocycles. The summed E-state index contributed by atoms with van der Waals surface area (Å²) < 4.78 is 0. The first-order chi connectivity index (χ1) is 7.63. The van der Waals surface area contributed by atoms with E-state index in [9.17, 15) is 4.79 Å². The third-order valence-corrected chi connectivity index (χ3v) is 3.42. The van der Waals surface area contributed by atoms with E-state index in [1.807, 2.05) is 25.1 Å². The quantitative estimate of drug-likeness (QED) is 0.639. The molecule has 3 heteroatoms. The van der Waals surface area contributed by atoms with Gasteiger partial charge < -0.3 is 5.32 Å². The van der Waals surface area contributed by atoms with E-state index >= 15 is 0 Å². The third kappa shape index (κ3) is 1.87. The summed E-state index contributed by atoms with van der Waals surface area (Å²) in [6, 6.07) is 5.81. The second kappa shape index (κ2) is 4.34. The molecule has 1 aromatic carbocycles. The predicted octanol–water partition coefficient (Wildman–Crippen LogP) is 3.53. The summed E-state index contributed by atoms with van der Waals surface area (Å²) in [5, 5.41) is 3.17. The number of rotatable bonds is 3. The summed E-state index contributed by atoms with van der Waals surface area (Å²) >= 11 is 5.21. The molecule has 0 amide bonds. The fraction of sp³-hybridized carbons (Fsp3) is 0.385. The lowest BCUT2D eigenvalue weighted by Gasteiger charge is -2.05. The zero-order chi connectivity index (χ0) is 11.7. The first-order valence-corrected chi connectivity index (χ1v) is 6.02. The molecule has 0 fully saturated rings.